The van der Waals surface area contributed by atoms with Gasteiger partial charge in [0.15, 0.2) is 0 Å². The molecule has 0 bridgehead atoms. The number of carbonyl (C=O) groups is 1. The fourth-order valence-corrected chi connectivity index (χ4v) is 5.28. The number of hydrogen-bond donors (Lipinski definition) is 0. The van der Waals surface area contributed by atoms with Gasteiger partial charge in [-0.15, -0.1) is 0 Å². The van der Waals surface area contributed by atoms with E-state index in [0.29, 0.717) is 18.5 Å². The van der Waals surface area contributed by atoms with Gasteiger partial charge < -0.3 is 4.74 Å². The lowest BCUT2D eigenvalue weighted by Gasteiger charge is -2.19. The first-order chi connectivity index (χ1) is 14.7. The summed E-state index contributed by atoms with van der Waals surface area (Å²) in [5.74, 6) is -0.731. The van der Waals surface area contributed by atoms with Crippen molar-refractivity contribution >= 4 is 26.8 Å². The molecule has 0 saturated carbocycles. The normalized spacial score (nSPS) is 11.8. The highest BCUT2D eigenvalue weighted by atomic mass is 32.2. The van der Waals surface area contributed by atoms with Crippen LogP contribution in [0.1, 0.15) is 25.0 Å². The molecule has 0 radical (unpaired) electrons. The van der Waals surface area contributed by atoms with Crippen molar-refractivity contribution in [1.29, 1.82) is 0 Å². The summed E-state index contributed by atoms with van der Waals surface area (Å²) < 4.78 is 45.9. The van der Waals surface area contributed by atoms with Crippen molar-refractivity contribution in [2.24, 2.45) is 0 Å². The number of ether oxygens (including phenoxy) is 1. The minimum atomic E-state index is -3.57. The molecule has 0 aliphatic heterocycles. The molecule has 7 heteroatoms. The highest BCUT2D eigenvalue weighted by Gasteiger charge is 2.22. The third-order valence-corrected chi connectivity index (χ3v) is 7.58. The molecule has 3 aromatic carbocycles. The Bertz CT molecular complexity index is 1220. The molecule has 3 aromatic rings. The van der Waals surface area contributed by atoms with E-state index >= 15 is 0 Å². The van der Waals surface area contributed by atoms with E-state index in [1.54, 1.807) is 44.2 Å². The number of nitrogens with zero attached hydrogens (tertiary/aromatic N) is 1. The Morgan fingerprint density at radius 3 is 2.26 bits per heavy atom. The van der Waals surface area contributed by atoms with Gasteiger partial charge in [0.05, 0.1) is 18.4 Å². The Morgan fingerprint density at radius 1 is 1.03 bits per heavy atom. The van der Waals surface area contributed by atoms with E-state index in [9.17, 15) is 17.6 Å². The van der Waals surface area contributed by atoms with Crippen molar-refractivity contribution in [2.45, 2.75) is 32.1 Å². The van der Waals surface area contributed by atoms with Crippen molar-refractivity contribution < 1.29 is 22.3 Å². The van der Waals surface area contributed by atoms with E-state index in [1.807, 2.05) is 13.0 Å². The number of sulfonamides is 1. The quantitative estimate of drug-likeness (QED) is 0.497. The summed E-state index contributed by atoms with van der Waals surface area (Å²) in [5.41, 5.74) is 3.12. The number of methoxy groups -OCH3 is 1. The maximum absolute atomic E-state index is 14.1. The van der Waals surface area contributed by atoms with Gasteiger partial charge in [-0.2, -0.15) is 4.31 Å². The zero-order valence-corrected chi connectivity index (χ0v) is 18.9. The van der Waals surface area contributed by atoms with Crippen LogP contribution in [0.5, 0.6) is 0 Å². The number of hydrogen-bond acceptors (Lipinski definition) is 4. The average Bonchev–Trinajstić information content (AvgIpc) is 2.75. The molecule has 5 nitrogen and oxygen atoms in total. The van der Waals surface area contributed by atoms with Crippen molar-refractivity contribution in [1.82, 2.24) is 4.31 Å². The lowest BCUT2D eigenvalue weighted by Crippen LogP contribution is -2.30. The van der Waals surface area contributed by atoms with Crippen molar-refractivity contribution in [3.8, 4) is 11.1 Å². The molecule has 31 heavy (non-hydrogen) atoms. The van der Waals surface area contributed by atoms with Gasteiger partial charge in [0.2, 0.25) is 10.0 Å². The number of carbonyl (C=O) groups excluding carboxylic acids is 1. The second-order valence-electron chi connectivity index (χ2n) is 7.27. The molecule has 0 heterocycles. The molecule has 164 valence electrons. The molecule has 3 rings (SSSR count). The zero-order chi connectivity index (χ0) is 22.8. The van der Waals surface area contributed by atoms with Crippen molar-refractivity contribution in [3.05, 3.63) is 65.5 Å². The lowest BCUT2D eigenvalue weighted by molar-refractivity contribution is -0.139. The Balaban J connectivity index is 2.18. The monoisotopic (exact) mass is 443 g/mol. The van der Waals surface area contributed by atoms with Crippen LogP contribution in [0, 0.1) is 12.7 Å². The summed E-state index contributed by atoms with van der Waals surface area (Å²) in [6.07, 6.45) is 0.0943. The third kappa shape index (κ3) is 4.48. The van der Waals surface area contributed by atoms with Crippen LogP contribution < -0.4 is 0 Å². The molecule has 0 aliphatic rings. The highest BCUT2D eigenvalue weighted by Crippen LogP contribution is 2.35. The topological polar surface area (TPSA) is 63.7 Å². The van der Waals surface area contributed by atoms with Crippen molar-refractivity contribution in [2.75, 3.05) is 20.2 Å². The van der Waals surface area contributed by atoms with E-state index in [4.69, 9.17) is 4.74 Å². The molecule has 0 N–H and O–H groups in total. The van der Waals surface area contributed by atoms with Gasteiger partial charge in [-0.3, -0.25) is 4.79 Å². The van der Waals surface area contributed by atoms with Crippen LogP contribution in [0.15, 0.2) is 53.4 Å². The number of fused-ring (bicyclic) bond motifs is 1. The fourth-order valence-electron chi connectivity index (χ4n) is 3.82. The van der Waals surface area contributed by atoms with E-state index in [0.717, 1.165) is 27.6 Å². The first kappa shape index (κ1) is 22.9. The van der Waals surface area contributed by atoms with E-state index in [1.165, 1.54) is 23.5 Å². The maximum atomic E-state index is 14.1. The smallest absolute Gasteiger partial charge is 0.309 e. The van der Waals surface area contributed by atoms with Gasteiger partial charge in [-0.25, -0.2) is 12.8 Å². The highest BCUT2D eigenvalue weighted by molar-refractivity contribution is 7.89. The summed E-state index contributed by atoms with van der Waals surface area (Å²) in [6, 6.07) is 13.0. The standard InChI is InChI=1S/C24H26FNO4S/c1-5-26(6-2)31(28,29)21-11-8-17(9-12-21)24-16(3)19(14-23(27)30-4)13-18-7-10-20(25)15-22(18)24/h7-13,15H,5-6,14H2,1-4H3. The first-order valence-electron chi connectivity index (χ1n) is 10.1. The van der Waals surface area contributed by atoms with Gasteiger partial charge in [-0.05, 0) is 64.2 Å². The predicted octanol–water partition coefficient (Wildman–Crippen LogP) is 4.70. The van der Waals surface area contributed by atoms with Crippen molar-refractivity contribution in [3.63, 3.8) is 0 Å². The predicted molar refractivity (Wildman–Crippen MR) is 120 cm³/mol. The molecular formula is C24H26FNO4S. The largest absolute Gasteiger partial charge is 0.469 e. The molecule has 0 aromatic heterocycles. The first-order valence-corrected chi connectivity index (χ1v) is 11.6. The Hall–Kier alpha value is -2.77. The molecule has 0 fully saturated rings. The molecule has 0 amide bonds. The molecule has 0 aliphatic carbocycles. The fraction of sp³-hybridized carbons (Fsp3) is 0.292. The van der Waals surface area contributed by atoms with Gasteiger partial charge in [-0.1, -0.05) is 38.1 Å². The number of halogens is 1. The second-order valence-corrected chi connectivity index (χ2v) is 9.21. The summed E-state index contributed by atoms with van der Waals surface area (Å²) in [6.45, 7) is 6.25. The van der Waals surface area contributed by atoms with Crippen LogP contribution in [-0.2, 0) is 26.0 Å². The van der Waals surface area contributed by atoms with Crippen LogP contribution in [0.3, 0.4) is 0 Å². The van der Waals surface area contributed by atoms with Crippen LogP contribution in [0.2, 0.25) is 0 Å². The zero-order valence-electron chi connectivity index (χ0n) is 18.1. The Kier molecular flexibility index (Phi) is 6.77. The second kappa shape index (κ2) is 9.16. The van der Waals surface area contributed by atoms with Crippen LogP contribution in [0.25, 0.3) is 21.9 Å². The lowest BCUT2D eigenvalue weighted by atomic mass is 9.89. The summed E-state index contributed by atoms with van der Waals surface area (Å²) in [5, 5.41) is 1.49. The van der Waals surface area contributed by atoms with Gasteiger partial charge in [0, 0.05) is 13.1 Å². The van der Waals surface area contributed by atoms with Crippen LogP contribution in [-0.4, -0.2) is 38.9 Å². The van der Waals surface area contributed by atoms with Crippen LogP contribution >= 0.6 is 0 Å². The number of benzene rings is 3. The molecular weight excluding hydrogens is 417 g/mol. The van der Waals surface area contributed by atoms with Gasteiger partial charge in [0.1, 0.15) is 5.82 Å². The molecule has 0 spiro atoms. The summed E-state index contributed by atoms with van der Waals surface area (Å²) >= 11 is 0. The summed E-state index contributed by atoms with van der Waals surface area (Å²) in [4.78, 5) is 12.1. The number of rotatable bonds is 7. The van der Waals surface area contributed by atoms with Gasteiger partial charge >= 0.3 is 5.97 Å². The van der Waals surface area contributed by atoms with E-state index in [2.05, 4.69) is 0 Å². The maximum Gasteiger partial charge on any atom is 0.309 e. The van der Waals surface area contributed by atoms with E-state index < -0.39 is 10.0 Å². The third-order valence-electron chi connectivity index (χ3n) is 5.52. The van der Waals surface area contributed by atoms with E-state index in [-0.39, 0.29) is 23.1 Å². The molecule has 0 atom stereocenters. The Morgan fingerprint density at radius 2 is 1.68 bits per heavy atom. The van der Waals surface area contributed by atoms with Gasteiger partial charge in [0.25, 0.3) is 0 Å². The number of esters is 1. The Labute approximate surface area is 182 Å². The molecule has 0 saturated heterocycles. The van der Waals surface area contributed by atoms with Crippen LogP contribution in [0.4, 0.5) is 4.39 Å². The minimum absolute atomic E-state index is 0.0943. The minimum Gasteiger partial charge on any atom is -0.469 e. The average molecular weight is 444 g/mol. The summed E-state index contributed by atoms with van der Waals surface area (Å²) in [7, 11) is -2.24. The molecule has 0 unspecified atom stereocenters. The SMILES string of the molecule is CCN(CC)S(=O)(=O)c1ccc(-c2c(C)c(CC(=O)OC)cc3ccc(F)cc23)cc1.